The molecule has 0 bridgehead atoms. The van der Waals surface area contributed by atoms with Crippen LogP contribution in [0, 0.1) is 12.8 Å². The van der Waals surface area contributed by atoms with Gasteiger partial charge in [0.2, 0.25) is 11.8 Å². The number of ketones is 1. The summed E-state index contributed by atoms with van der Waals surface area (Å²) in [6, 6.07) is 17.7. The second-order valence-corrected chi connectivity index (χ2v) is 9.40. The number of hydrogen-bond donors (Lipinski definition) is 1. The summed E-state index contributed by atoms with van der Waals surface area (Å²) in [5, 5.41) is 3.17. The Balaban J connectivity index is 1.38. The molecule has 0 unspecified atom stereocenters. The number of aryl methyl sites for hydroxylation is 1. The number of Topliss-reactive ketones (excluding diaryl/α,β-unsaturated/α-hetero) is 1. The van der Waals surface area contributed by atoms with E-state index in [-0.39, 0.29) is 29.1 Å². The van der Waals surface area contributed by atoms with E-state index in [0.29, 0.717) is 32.4 Å². The number of carbonyl (C=O) groups excluding carboxylic acids is 3. The first-order chi connectivity index (χ1) is 15.4. The van der Waals surface area contributed by atoms with Crippen LogP contribution in [-0.4, -0.2) is 41.1 Å². The van der Waals surface area contributed by atoms with E-state index in [1.165, 1.54) is 11.1 Å². The van der Waals surface area contributed by atoms with Crippen LogP contribution in [0.4, 0.5) is 0 Å². The first-order valence-electron chi connectivity index (χ1n) is 11.7. The molecule has 4 rings (SSSR count). The third kappa shape index (κ3) is 5.26. The maximum absolute atomic E-state index is 13.1. The zero-order valence-electron chi connectivity index (χ0n) is 18.8. The number of nitrogens with zero attached hydrogens (tertiary/aromatic N) is 1. The summed E-state index contributed by atoms with van der Waals surface area (Å²) in [6.45, 7) is 3.25. The van der Waals surface area contributed by atoms with E-state index in [2.05, 4.69) is 36.5 Å². The molecule has 2 aromatic carbocycles. The summed E-state index contributed by atoms with van der Waals surface area (Å²) in [7, 11) is 0. The van der Waals surface area contributed by atoms with E-state index in [1.54, 1.807) is 0 Å². The molecule has 2 heterocycles. The van der Waals surface area contributed by atoms with Crippen LogP contribution in [0.25, 0.3) is 0 Å². The fraction of sp³-hybridized carbons (Fsp3) is 0.444. The normalized spacial score (nSPS) is 23.1. The molecule has 2 saturated heterocycles. The van der Waals surface area contributed by atoms with E-state index < -0.39 is 0 Å². The molecule has 0 aliphatic carbocycles. The summed E-state index contributed by atoms with van der Waals surface area (Å²) in [4.78, 5) is 39.9. The number of piperidine rings is 1. The van der Waals surface area contributed by atoms with Crippen molar-refractivity contribution in [2.45, 2.75) is 57.4 Å². The Labute approximate surface area is 190 Å². The third-order valence-corrected chi connectivity index (χ3v) is 6.92. The standard InChI is InChI=1S/C27H32N2O3/c1-20-9-11-21(12-10-20)18-27(15-13-24(30)28-27)16-14-25(31)29-17-5-8-23(19-29)26(32)22-6-3-2-4-7-22/h2-4,6-7,9-12,23H,5,8,13-19H2,1H3,(H,28,30)/t23-,27+/m0/s1. The first kappa shape index (κ1) is 22.3. The lowest BCUT2D eigenvalue weighted by Crippen LogP contribution is -2.46. The average molecular weight is 433 g/mol. The van der Waals surface area contributed by atoms with Gasteiger partial charge in [-0.2, -0.15) is 0 Å². The van der Waals surface area contributed by atoms with Gasteiger partial charge in [-0.1, -0.05) is 60.2 Å². The second-order valence-electron chi connectivity index (χ2n) is 9.40. The molecule has 0 spiro atoms. The minimum atomic E-state index is -0.364. The Morgan fingerprint density at radius 1 is 1.09 bits per heavy atom. The summed E-state index contributed by atoms with van der Waals surface area (Å²) >= 11 is 0. The van der Waals surface area contributed by atoms with Gasteiger partial charge in [-0.25, -0.2) is 0 Å². The summed E-state index contributed by atoms with van der Waals surface area (Å²) in [5.74, 6) is 0.140. The Kier molecular flexibility index (Phi) is 6.73. The highest BCUT2D eigenvalue weighted by molar-refractivity contribution is 5.98. The SMILES string of the molecule is Cc1ccc(C[C@]2(CCC(=O)N3CCC[C@H](C(=O)c4ccccc4)C3)CCC(=O)N2)cc1. The van der Waals surface area contributed by atoms with Gasteiger partial charge < -0.3 is 10.2 Å². The Hall–Kier alpha value is -2.95. The van der Waals surface area contributed by atoms with Crippen molar-refractivity contribution in [1.29, 1.82) is 0 Å². The summed E-state index contributed by atoms with van der Waals surface area (Å²) < 4.78 is 0. The number of likely N-dealkylation sites (tertiary alicyclic amines) is 1. The Morgan fingerprint density at radius 3 is 2.53 bits per heavy atom. The zero-order chi connectivity index (χ0) is 22.6. The molecule has 2 fully saturated rings. The lowest BCUT2D eigenvalue weighted by molar-refractivity contribution is -0.133. The highest BCUT2D eigenvalue weighted by Crippen LogP contribution is 2.30. The number of benzene rings is 2. The van der Waals surface area contributed by atoms with Gasteiger partial charge in [0.05, 0.1) is 0 Å². The average Bonchev–Trinajstić information content (AvgIpc) is 3.19. The number of rotatable bonds is 7. The van der Waals surface area contributed by atoms with Gasteiger partial charge in [0.15, 0.2) is 5.78 Å². The lowest BCUT2D eigenvalue weighted by atomic mass is 9.84. The summed E-state index contributed by atoms with van der Waals surface area (Å²) in [6.07, 6.45) is 4.68. The molecule has 2 amide bonds. The largest absolute Gasteiger partial charge is 0.350 e. The van der Waals surface area contributed by atoms with Gasteiger partial charge in [-0.15, -0.1) is 0 Å². The topological polar surface area (TPSA) is 66.5 Å². The highest BCUT2D eigenvalue weighted by atomic mass is 16.2. The molecule has 5 heteroatoms. The van der Waals surface area contributed by atoms with Crippen LogP contribution in [0.1, 0.15) is 60.0 Å². The van der Waals surface area contributed by atoms with Crippen LogP contribution in [-0.2, 0) is 16.0 Å². The van der Waals surface area contributed by atoms with Crippen molar-refractivity contribution in [1.82, 2.24) is 10.2 Å². The van der Waals surface area contributed by atoms with Crippen molar-refractivity contribution >= 4 is 17.6 Å². The van der Waals surface area contributed by atoms with Crippen LogP contribution >= 0.6 is 0 Å². The predicted molar refractivity (Wildman–Crippen MR) is 124 cm³/mol. The smallest absolute Gasteiger partial charge is 0.222 e. The van der Waals surface area contributed by atoms with Crippen molar-refractivity contribution in [3.63, 3.8) is 0 Å². The van der Waals surface area contributed by atoms with Crippen LogP contribution in [0.15, 0.2) is 54.6 Å². The first-order valence-corrected chi connectivity index (χ1v) is 11.7. The molecular formula is C27H32N2O3. The molecule has 2 aliphatic heterocycles. The minimum absolute atomic E-state index is 0.0658. The number of hydrogen-bond acceptors (Lipinski definition) is 3. The maximum atomic E-state index is 13.1. The lowest BCUT2D eigenvalue weighted by Gasteiger charge is -2.34. The van der Waals surface area contributed by atoms with Gasteiger partial charge in [0.1, 0.15) is 0 Å². The van der Waals surface area contributed by atoms with E-state index in [9.17, 15) is 14.4 Å². The minimum Gasteiger partial charge on any atom is -0.350 e. The molecule has 1 N–H and O–H groups in total. The van der Waals surface area contributed by atoms with E-state index >= 15 is 0 Å². The maximum Gasteiger partial charge on any atom is 0.222 e. The molecule has 2 aromatic rings. The predicted octanol–water partition coefficient (Wildman–Crippen LogP) is 4.09. The highest BCUT2D eigenvalue weighted by Gasteiger charge is 2.38. The molecular weight excluding hydrogens is 400 g/mol. The quantitative estimate of drug-likeness (QED) is 0.670. The van der Waals surface area contributed by atoms with Crippen LogP contribution in [0.3, 0.4) is 0 Å². The van der Waals surface area contributed by atoms with Crippen molar-refractivity contribution in [3.8, 4) is 0 Å². The molecule has 0 radical (unpaired) electrons. The molecule has 2 atom stereocenters. The Bertz CT molecular complexity index is 970. The summed E-state index contributed by atoms with van der Waals surface area (Å²) in [5.41, 5.74) is 2.74. The van der Waals surface area contributed by atoms with Gasteiger partial charge in [-0.3, -0.25) is 14.4 Å². The van der Waals surface area contributed by atoms with Gasteiger partial charge >= 0.3 is 0 Å². The van der Waals surface area contributed by atoms with Crippen LogP contribution in [0.2, 0.25) is 0 Å². The number of nitrogens with one attached hydrogen (secondary N) is 1. The van der Waals surface area contributed by atoms with Gasteiger partial charge in [0, 0.05) is 43.0 Å². The number of amides is 2. The van der Waals surface area contributed by atoms with Crippen molar-refractivity contribution in [2.24, 2.45) is 5.92 Å². The van der Waals surface area contributed by atoms with Gasteiger partial charge in [-0.05, 0) is 44.6 Å². The van der Waals surface area contributed by atoms with E-state index in [4.69, 9.17) is 0 Å². The van der Waals surface area contributed by atoms with Crippen molar-refractivity contribution in [3.05, 3.63) is 71.3 Å². The van der Waals surface area contributed by atoms with Gasteiger partial charge in [0.25, 0.3) is 0 Å². The fourth-order valence-electron chi connectivity index (χ4n) is 5.04. The number of carbonyl (C=O) groups is 3. The van der Waals surface area contributed by atoms with E-state index in [1.807, 2.05) is 35.2 Å². The molecule has 5 nitrogen and oxygen atoms in total. The van der Waals surface area contributed by atoms with Crippen molar-refractivity contribution in [2.75, 3.05) is 13.1 Å². The molecule has 0 aromatic heterocycles. The molecule has 0 saturated carbocycles. The van der Waals surface area contributed by atoms with E-state index in [0.717, 1.165) is 31.2 Å². The second kappa shape index (κ2) is 9.68. The fourth-order valence-corrected chi connectivity index (χ4v) is 5.04. The monoisotopic (exact) mass is 432 g/mol. The van der Waals surface area contributed by atoms with Crippen molar-refractivity contribution < 1.29 is 14.4 Å². The van der Waals surface area contributed by atoms with Crippen LogP contribution in [0.5, 0.6) is 0 Å². The Morgan fingerprint density at radius 2 is 1.84 bits per heavy atom. The zero-order valence-corrected chi connectivity index (χ0v) is 18.8. The molecule has 2 aliphatic rings. The third-order valence-electron chi connectivity index (χ3n) is 6.92. The molecule has 32 heavy (non-hydrogen) atoms. The molecule has 168 valence electrons. The van der Waals surface area contributed by atoms with Crippen LogP contribution < -0.4 is 5.32 Å².